The molecule has 6 aromatic rings. The van der Waals surface area contributed by atoms with Crippen molar-refractivity contribution in [3.8, 4) is 33.8 Å². The third kappa shape index (κ3) is 5.82. The summed E-state index contributed by atoms with van der Waals surface area (Å²) in [4.78, 5) is 37.2. The molecule has 0 amide bonds. The molecular formula is C28H27FN8O2. The Morgan fingerprint density at radius 1 is 0.872 bits per heavy atom. The van der Waals surface area contributed by atoms with Crippen molar-refractivity contribution in [1.29, 1.82) is 0 Å². The first kappa shape index (κ1) is 28.3. The number of benzene rings is 1. The fourth-order valence-corrected chi connectivity index (χ4v) is 3.89. The van der Waals surface area contributed by atoms with Gasteiger partial charge in [-0.3, -0.25) is 15.1 Å². The van der Waals surface area contributed by atoms with Crippen LogP contribution in [-0.4, -0.2) is 55.7 Å². The molecule has 0 saturated heterocycles. The minimum absolute atomic E-state index is 0.310. The summed E-state index contributed by atoms with van der Waals surface area (Å²) in [7, 11) is 1.85. The molecule has 198 valence electrons. The normalized spacial score (nSPS) is 9.95. The van der Waals surface area contributed by atoms with E-state index >= 15 is 0 Å². The summed E-state index contributed by atoms with van der Waals surface area (Å²) in [6.45, 7) is 8.00. The van der Waals surface area contributed by atoms with Crippen LogP contribution in [0, 0.1) is 5.82 Å². The number of carbonyl (C=O) groups excluding carboxylic acids is 2. The van der Waals surface area contributed by atoms with E-state index in [1.165, 1.54) is 12.1 Å². The van der Waals surface area contributed by atoms with Crippen LogP contribution in [-0.2, 0) is 9.59 Å². The summed E-state index contributed by atoms with van der Waals surface area (Å²) < 4.78 is 13.8. The average molecular weight is 527 g/mol. The number of anilines is 1. The average Bonchev–Trinajstić information content (AvgIpc) is 3.64. The molecule has 0 fully saturated rings. The highest BCUT2D eigenvalue weighted by Gasteiger charge is 2.16. The molecular weight excluding hydrogens is 499 g/mol. The molecule has 11 heteroatoms. The van der Waals surface area contributed by atoms with E-state index in [0.717, 1.165) is 33.3 Å². The number of pyridine rings is 3. The Labute approximate surface area is 223 Å². The maximum atomic E-state index is 13.8. The van der Waals surface area contributed by atoms with Gasteiger partial charge >= 0.3 is 0 Å². The number of fused-ring (bicyclic) bond motifs is 2. The maximum absolute atomic E-state index is 13.8. The molecule has 0 aliphatic carbocycles. The van der Waals surface area contributed by atoms with Crippen LogP contribution in [0.15, 0.2) is 67.4 Å². The predicted octanol–water partition coefficient (Wildman–Crippen LogP) is 5.46. The number of carbonyl (C=O) groups is 2. The van der Waals surface area contributed by atoms with Gasteiger partial charge in [-0.2, -0.15) is 5.10 Å². The number of nitrogens with zero attached hydrogens (tertiary/aromatic N) is 5. The number of imidazole rings is 1. The smallest absolute Gasteiger partial charge is 0.181 e. The standard InChI is InChI=1S/C24H17FN8.C2H6.2CH2O/c1-26-17-6-14(8-27-10-17)15-7-18-22(32-33-23(18)29-9-15)24-30-20-12-28-11-19(21(20)31-24)13-3-2-4-16(25)5-13;3*1-2/h2-12,26H,1H3,(H,30,31)(H,29,32,33);1-2H3;2*1H2. The second-order valence-corrected chi connectivity index (χ2v) is 7.59. The lowest BCUT2D eigenvalue weighted by Gasteiger charge is -2.04. The van der Waals surface area contributed by atoms with Crippen LogP contribution in [0.3, 0.4) is 0 Å². The molecule has 0 saturated carbocycles. The van der Waals surface area contributed by atoms with Crippen LogP contribution in [0.25, 0.3) is 55.8 Å². The molecule has 1 aromatic carbocycles. The molecule has 0 spiro atoms. The zero-order valence-electron chi connectivity index (χ0n) is 21.7. The molecule has 0 atom stereocenters. The van der Waals surface area contributed by atoms with Crippen molar-refractivity contribution in [1.82, 2.24) is 35.1 Å². The third-order valence-corrected chi connectivity index (χ3v) is 5.54. The van der Waals surface area contributed by atoms with E-state index in [9.17, 15) is 4.39 Å². The fourth-order valence-electron chi connectivity index (χ4n) is 3.89. The minimum atomic E-state index is -0.310. The van der Waals surface area contributed by atoms with E-state index in [2.05, 4.69) is 35.5 Å². The number of hydrogen-bond donors (Lipinski definition) is 3. The zero-order chi connectivity index (χ0) is 28.4. The number of aromatic amines is 2. The fraction of sp³-hybridized carbons (Fsp3) is 0.107. The summed E-state index contributed by atoms with van der Waals surface area (Å²) in [5, 5.41) is 11.3. The SMILES string of the molecule is C=O.C=O.CC.CNc1cncc(-c2cnc3n[nH]c(-c4nc5c(-c6cccc(F)c6)cncc5[nH]4)c3c2)c1. The molecule has 0 radical (unpaired) electrons. The predicted molar refractivity (Wildman–Crippen MR) is 151 cm³/mol. The second kappa shape index (κ2) is 13.3. The van der Waals surface area contributed by atoms with Gasteiger partial charge in [0.1, 0.15) is 25.1 Å². The summed E-state index contributed by atoms with van der Waals surface area (Å²) in [5.74, 6) is 0.287. The summed E-state index contributed by atoms with van der Waals surface area (Å²) in [6, 6.07) is 10.4. The van der Waals surface area contributed by atoms with Gasteiger partial charge in [-0.15, -0.1) is 0 Å². The number of hydrogen-bond acceptors (Lipinski definition) is 8. The van der Waals surface area contributed by atoms with Gasteiger partial charge in [0.25, 0.3) is 0 Å². The highest BCUT2D eigenvalue weighted by Crippen LogP contribution is 2.32. The van der Waals surface area contributed by atoms with Gasteiger partial charge < -0.3 is 19.9 Å². The van der Waals surface area contributed by atoms with Crippen LogP contribution in [0.5, 0.6) is 0 Å². The van der Waals surface area contributed by atoms with E-state index in [-0.39, 0.29) is 5.82 Å². The number of nitrogens with one attached hydrogen (secondary N) is 3. The summed E-state index contributed by atoms with van der Waals surface area (Å²) in [6.07, 6.45) is 8.72. The molecule has 0 aliphatic rings. The molecule has 5 heterocycles. The first-order chi connectivity index (χ1) is 19.2. The molecule has 3 N–H and O–H groups in total. The largest absolute Gasteiger partial charge is 0.387 e. The lowest BCUT2D eigenvalue weighted by atomic mass is 10.1. The Balaban J connectivity index is 0.000000657. The molecule has 0 bridgehead atoms. The van der Waals surface area contributed by atoms with E-state index < -0.39 is 0 Å². The maximum Gasteiger partial charge on any atom is 0.181 e. The molecule has 0 aliphatic heterocycles. The molecule has 6 rings (SSSR count). The van der Waals surface area contributed by atoms with Crippen molar-refractivity contribution in [3.05, 3.63) is 73.2 Å². The first-order valence-corrected chi connectivity index (χ1v) is 11.8. The van der Waals surface area contributed by atoms with Gasteiger partial charge in [-0.05, 0) is 29.8 Å². The van der Waals surface area contributed by atoms with E-state index in [4.69, 9.17) is 14.6 Å². The number of aromatic nitrogens is 7. The van der Waals surface area contributed by atoms with E-state index in [0.29, 0.717) is 28.2 Å². The highest BCUT2D eigenvalue weighted by molar-refractivity contribution is 5.96. The van der Waals surface area contributed by atoms with Crippen molar-refractivity contribution < 1.29 is 14.0 Å². The second-order valence-electron chi connectivity index (χ2n) is 7.59. The van der Waals surface area contributed by atoms with Gasteiger partial charge in [0, 0.05) is 48.5 Å². The quantitative estimate of drug-likeness (QED) is 0.275. The van der Waals surface area contributed by atoms with Crippen LogP contribution >= 0.6 is 0 Å². The molecule has 5 aromatic heterocycles. The Bertz CT molecular complexity index is 1680. The zero-order valence-corrected chi connectivity index (χ0v) is 21.7. The number of H-pyrrole nitrogens is 2. The molecule has 10 nitrogen and oxygen atoms in total. The Kier molecular flexibility index (Phi) is 9.63. The lowest BCUT2D eigenvalue weighted by Crippen LogP contribution is -1.90. The van der Waals surface area contributed by atoms with Crippen LogP contribution in [0.4, 0.5) is 10.1 Å². The summed E-state index contributed by atoms with van der Waals surface area (Å²) in [5.41, 5.74) is 6.93. The van der Waals surface area contributed by atoms with Gasteiger partial charge in [-0.1, -0.05) is 26.0 Å². The van der Waals surface area contributed by atoms with Gasteiger partial charge in [-0.25, -0.2) is 14.4 Å². The molecule has 0 unspecified atom stereocenters. The van der Waals surface area contributed by atoms with Crippen molar-refractivity contribution in [3.63, 3.8) is 0 Å². The first-order valence-electron chi connectivity index (χ1n) is 11.8. The Hall–Kier alpha value is -5.32. The van der Waals surface area contributed by atoms with E-state index in [1.807, 2.05) is 52.7 Å². The van der Waals surface area contributed by atoms with Crippen molar-refractivity contribution >= 4 is 41.3 Å². The van der Waals surface area contributed by atoms with Gasteiger partial charge in [0.15, 0.2) is 11.5 Å². The number of rotatable bonds is 4. The lowest BCUT2D eigenvalue weighted by molar-refractivity contribution is -0.0987. The van der Waals surface area contributed by atoms with Crippen LogP contribution in [0.2, 0.25) is 0 Å². The highest BCUT2D eigenvalue weighted by atomic mass is 19.1. The van der Waals surface area contributed by atoms with Crippen LogP contribution in [0.1, 0.15) is 13.8 Å². The van der Waals surface area contributed by atoms with Crippen molar-refractivity contribution in [2.45, 2.75) is 13.8 Å². The van der Waals surface area contributed by atoms with Crippen LogP contribution < -0.4 is 5.32 Å². The third-order valence-electron chi connectivity index (χ3n) is 5.54. The number of halogens is 1. The minimum Gasteiger partial charge on any atom is -0.387 e. The van der Waals surface area contributed by atoms with Crippen molar-refractivity contribution in [2.75, 3.05) is 12.4 Å². The van der Waals surface area contributed by atoms with Gasteiger partial charge in [0.05, 0.1) is 28.3 Å². The topological polar surface area (TPSA) is 142 Å². The van der Waals surface area contributed by atoms with E-state index in [1.54, 1.807) is 37.1 Å². The van der Waals surface area contributed by atoms with Crippen molar-refractivity contribution in [2.24, 2.45) is 0 Å². The Morgan fingerprint density at radius 3 is 2.36 bits per heavy atom. The summed E-state index contributed by atoms with van der Waals surface area (Å²) >= 11 is 0. The monoisotopic (exact) mass is 526 g/mol. The molecule has 39 heavy (non-hydrogen) atoms. The Morgan fingerprint density at radius 2 is 1.62 bits per heavy atom. The van der Waals surface area contributed by atoms with Gasteiger partial charge in [0.2, 0.25) is 0 Å².